The van der Waals surface area contributed by atoms with Crippen molar-refractivity contribution in [1.82, 2.24) is 24.9 Å². The lowest BCUT2D eigenvalue weighted by Gasteiger charge is -2.36. The van der Waals surface area contributed by atoms with Crippen LogP contribution in [0.1, 0.15) is 37.8 Å². The number of nitriles is 1. The van der Waals surface area contributed by atoms with Crippen molar-refractivity contribution in [1.29, 1.82) is 5.26 Å². The topological polar surface area (TPSA) is 77.2 Å². The van der Waals surface area contributed by atoms with Crippen LogP contribution in [0.4, 0.5) is 0 Å². The lowest BCUT2D eigenvalue weighted by atomic mass is 9.83. The molecule has 1 aromatic heterocycles. The monoisotopic (exact) mass is 344 g/mol. The summed E-state index contributed by atoms with van der Waals surface area (Å²) < 4.78 is 1.91. The molecule has 3 rings (SSSR count). The summed E-state index contributed by atoms with van der Waals surface area (Å²) in [5.41, 5.74) is 0.580. The van der Waals surface area contributed by atoms with Gasteiger partial charge in [0.25, 0.3) is 0 Å². The lowest BCUT2D eigenvalue weighted by Crippen LogP contribution is -2.54. The van der Waals surface area contributed by atoms with Crippen molar-refractivity contribution in [3.8, 4) is 6.07 Å². The Bertz CT molecular complexity index is 620. The number of carbonyl (C=O) groups is 1. The third kappa shape index (κ3) is 4.59. The van der Waals surface area contributed by atoms with E-state index in [9.17, 15) is 10.1 Å². The van der Waals surface area contributed by atoms with Crippen LogP contribution >= 0.6 is 0 Å². The number of nitrogens with zero attached hydrogens (tertiary/aromatic N) is 5. The Balaban J connectivity index is 1.43. The summed E-state index contributed by atoms with van der Waals surface area (Å²) >= 11 is 0. The standard InChI is InChI=1S/C18H28N6O/c1-22-16(5-8-20-22)13-23-9-11-24(12-10-23)14-17(25)21-18(15-19)6-3-2-4-7-18/h5,8H,2-4,6-7,9-14H2,1H3,(H,21,25). The molecule has 0 bridgehead atoms. The number of nitrogens with one attached hydrogen (secondary N) is 1. The second kappa shape index (κ2) is 7.98. The third-order valence-electron chi connectivity index (χ3n) is 5.44. The highest BCUT2D eigenvalue weighted by molar-refractivity contribution is 5.79. The number of aromatic nitrogens is 2. The van der Waals surface area contributed by atoms with Crippen LogP contribution in [0.2, 0.25) is 0 Å². The zero-order valence-corrected chi connectivity index (χ0v) is 15.1. The van der Waals surface area contributed by atoms with E-state index in [2.05, 4.69) is 26.3 Å². The first-order valence-corrected chi connectivity index (χ1v) is 9.24. The predicted octanol–water partition coefficient (Wildman–Crippen LogP) is 0.880. The molecule has 2 fully saturated rings. The largest absolute Gasteiger partial charge is 0.337 e. The highest BCUT2D eigenvalue weighted by Crippen LogP contribution is 2.27. The highest BCUT2D eigenvalue weighted by Gasteiger charge is 2.34. The number of rotatable bonds is 5. The molecule has 7 nitrogen and oxygen atoms in total. The van der Waals surface area contributed by atoms with Crippen LogP contribution in [-0.2, 0) is 18.4 Å². The SMILES string of the molecule is Cn1nccc1CN1CCN(CC(=O)NC2(C#N)CCCCC2)CC1. The molecular formula is C18H28N6O. The number of aryl methyl sites for hydroxylation is 1. The van der Waals surface area contributed by atoms with Gasteiger partial charge in [0.15, 0.2) is 0 Å². The van der Waals surface area contributed by atoms with E-state index >= 15 is 0 Å². The van der Waals surface area contributed by atoms with E-state index in [1.807, 2.05) is 24.0 Å². The summed E-state index contributed by atoms with van der Waals surface area (Å²) in [5.74, 6) is -0.0106. The maximum absolute atomic E-state index is 12.4. The molecule has 0 unspecified atom stereocenters. The van der Waals surface area contributed by atoms with Crippen LogP contribution in [-0.4, -0.2) is 63.8 Å². The van der Waals surface area contributed by atoms with Crippen LogP contribution in [0.25, 0.3) is 0 Å². The number of amides is 1. The molecule has 1 aliphatic carbocycles. The van der Waals surface area contributed by atoms with Gasteiger partial charge in [-0.25, -0.2) is 0 Å². The fraction of sp³-hybridized carbons (Fsp3) is 0.722. The van der Waals surface area contributed by atoms with Gasteiger partial charge >= 0.3 is 0 Å². The molecule has 1 saturated heterocycles. The van der Waals surface area contributed by atoms with Gasteiger partial charge in [0.1, 0.15) is 5.54 Å². The van der Waals surface area contributed by atoms with Crippen molar-refractivity contribution in [2.45, 2.75) is 44.2 Å². The lowest BCUT2D eigenvalue weighted by molar-refractivity contribution is -0.124. The van der Waals surface area contributed by atoms with Crippen LogP contribution < -0.4 is 5.32 Å². The second-order valence-electron chi connectivity index (χ2n) is 7.30. The van der Waals surface area contributed by atoms with Crippen molar-refractivity contribution in [3.05, 3.63) is 18.0 Å². The molecule has 1 saturated carbocycles. The van der Waals surface area contributed by atoms with Gasteiger partial charge in [0.05, 0.1) is 18.3 Å². The van der Waals surface area contributed by atoms with E-state index in [4.69, 9.17) is 0 Å². The molecule has 0 radical (unpaired) electrons. The second-order valence-corrected chi connectivity index (χ2v) is 7.30. The number of piperazine rings is 1. The molecule has 1 N–H and O–H groups in total. The smallest absolute Gasteiger partial charge is 0.235 e. The van der Waals surface area contributed by atoms with Crippen LogP contribution in [0.3, 0.4) is 0 Å². The highest BCUT2D eigenvalue weighted by atomic mass is 16.2. The first-order chi connectivity index (χ1) is 12.1. The van der Waals surface area contributed by atoms with Gasteiger partial charge < -0.3 is 5.32 Å². The van der Waals surface area contributed by atoms with E-state index in [0.717, 1.165) is 64.8 Å². The first-order valence-electron chi connectivity index (χ1n) is 9.24. The van der Waals surface area contributed by atoms with Gasteiger partial charge in [-0.2, -0.15) is 10.4 Å². The summed E-state index contributed by atoms with van der Waals surface area (Å²) in [4.78, 5) is 17.0. The predicted molar refractivity (Wildman–Crippen MR) is 94.5 cm³/mol. The number of hydrogen-bond donors (Lipinski definition) is 1. The minimum absolute atomic E-state index is 0.0106. The average Bonchev–Trinajstić information content (AvgIpc) is 3.02. The maximum Gasteiger partial charge on any atom is 0.235 e. The van der Waals surface area contributed by atoms with Gasteiger partial charge in [0.2, 0.25) is 5.91 Å². The summed E-state index contributed by atoms with van der Waals surface area (Å²) in [6.07, 6.45) is 6.62. The molecule has 1 amide bonds. The van der Waals surface area contributed by atoms with Crippen molar-refractivity contribution >= 4 is 5.91 Å². The van der Waals surface area contributed by atoms with E-state index in [0.29, 0.717) is 6.54 Å². The third-order valence-corrected chi connectivity index (χ3v) is 5.44. The Hall–Kier alpha value is -1.91. The maximum atomic E-state index is 12.4. The van der Waals surface area contributed by atoms with Crippen LogP contribution in [0.5, 0.6) is 0 Å². The normalized spacial score (nSPS) is 21.6. The minimum atomic E-state index is -0.628. The molecule has 0 spiro atoms. The molecule has 0 aromatic carbocycles. The number of carbonyl (C=O) groups excluding carboxylic acids is 1. The zero-order chi connectivity index (χ0) is 17.7. The van der Waals surface area contributed by atoms with Crippen molar-refractivity contribution in [2.24, 2.45) is 7.05 Å². The van der Waals surface area contributed by atoms with E-state index in [1.54, 1.807) is 0 Å². The van der Waals surface area contributed by atoms with Gasteiger partial charge in [-0.15, -0.1) is 0 Å². The Morgan fingerprint density at radius 2 is 1.92 bits per heavy atom. The zero-order valence-electron chi connectivity index (χ0n) is 15.1. The fourth-order valence-electron chi connectivity index (χ4n) is 3.82. The summed E-state index contributed by atoms with van der Waals surface area (Å²) in [7, 11) is 1.96. The van der Waals surface area contributed by atoms with Gasteiger partial charge in [0, 0.05) is 46.0 Å². The molecule has 1 aliphatic heterocycles. The first kappa shape index (κ1) is 17.9. The van der Waals surface area contributed by atoms with Crippen LogP contribution in [0, 0.1) is 11.3 Å². The van der Waals surface area contributed by atoms with E-state index < -0.39 is 5.54 Å². The van der Waals surface area contributed by atoms with Gasteiger partial charge in [-0.05, 0) is 18.9 Å². The van der Waals surface area contributed by atoms with E-state index in [1.165, 1.54) is 5.69 Å². The molecule has 2 aliphatic rings. The average molecular weight is 344 g/mol. The Labute approximate surface area is 149 Å². The quantitative estimate of drug-likeness (QED) is 0.858. The Morgan fingerprint density at radius 3 is 2.52 bits per heavy atom. The van der Waals surface area contributed by atoms with Crippen molar-refractivity contribution in [3.63, 3.8) is 0 Å². The van der Waals surface area contributed by atoms with Gasteiger partial charge in [-0.1, -0.05) is 19.3 Å². The molecule has 2 heterocycles. The van der Waals surface area contributed by atoms with Crippen LogP contribution in [0.15, 0.2) is 12.3 Å². The van der Waals surface area contributed by atoms with Crippen molar-refractivity contribution in [2.75, 3.05) is 32.7 Å². The minimum Gasteiger partial charge on any atom is -0.337 e. The summed E-state index contributed by atoms with van der Waals surface area (Å²) in [5, 5.41) is 16.7. The Morgan fingerprint density at radius 1 is 1.24 bits per heavy atom. The fourth-order valence-corrected chi connectivity index (χ4v) is 3.82. The molecule has 1 aromatic rings. The molecular weight excluding hydrogens is 316 g/mol. The number of hydrogen-bond acceptors (Lipinski definition) is 5. The van der Waals surface area contributed by atoms with Crippen molar-refractivity contribution < 1.29 is 4.79 Å². The molecule has 136 valence electrons. The molecule has 0 atom stereocenters. The molecule has 25 heavy (non-hydrogen) atoms. The summed E-state index contributed by atoms with van der Waals surface area (Å²) in [6.45, 7) is 4.94. The van der Waals surface area contributed by atoms with E-state index in [-0.39, 0.29) is 5.91 Å². The van der Waals surface area contributed by atoms with Gasteiger partial charge in [-0.3, -0.25) is 19.3 Å². The summed E-state index contributed by atoms with van der Waals surface area (Å²) in [6, 6.07) is 4.40. The Kier molecular flexibility index (Phi) is 5.71. The molecule has 7 heteroatoms.